The van der Waals surface area contributed by atoms with E-state index in [1.807, 2.05) is 58.1 Å². The summed E-state index contributed by atoms with van der Waals surface area (Å²) in [6, 6.07) is 14.0. The highest BCUT2D eigenvalue weighted by Crippen LogP contribution is 2.36. The number of nitrogens with two attached hydrogens (primary N) is 1. The molecule has 2 saturated heterocycles. The molecule has 2 aliphatic heterocycles. The Kier molecular flexibility index (Phi) is 5.76. The number of benzene rings is 2. The molecule has 2 fully saturated rings. The lowest BCUT2D eigenvalue weighted by atomic mass is 9.96. The van der Waals surface area contributed by atoms with Gasteiger partial charge in [0.15, 0.2) is 5.65 Å². The van der Waals surface area contributed by atoms with E-state index in [0.717, 1.165) is 72.3 Å². The van der Waals surface area contributed by atoms with E-state index in [1.165, 1.54) is 0 Å². The molecule has 0 aliphatic carbocycles. The van der Waals surface area contributed by atoms with Crippen LogP contribution in [0.25, 0.3) is 16.4 Å². The average Bonchev–Trinajstić information content (AvgIpc) is 3.52. The molecule has 6 rings (SSSR count). The Bertz CT molecular complexity index is 1450. The molecule has 2 aromatic heterocycles. The van der Waals surface area contributed by atoms with E-state index in [4.69, 9.17) is 20.6 Å². The van der Waals surface area contributed by atoms with Crippen molar-refractivity contribution in [1.29, 1.82) is 0 Å². The number of hydrogen-bond donors (Lipinski definition) is 1. The van der Waals surface area contributed by atoms with Crippen molar-refractivity contribution in [2.24, 2.45) is 5.73 Å². The highest BCUT2D eigenvalue weighted by molar-refractivity contribution is 6.09. The molecule has 4 heterocycles. The van der Waals surface area contributed by atoms with Gasteiger partial charge >= 0.3 is 0 Å². The topological polar surface area (TPSA) is 89.0 Å². The SMILES string of the molecule is COc1ccc2ccccc2c1C(=O)N1CCCCC1c1cc2nc(N3CCC(N)C3)c(C)cn2n1. The predicted molar refractivity (Wildman–Crippen MR) is 141 cm³/mol. The summed E-state index contributed by atoms with van der Waals surface area (Å²) in [4.78, 5) is 23.3. The zero-order chi connectivity index (χ0) is 24.8. The van der Waals surface area contributed by atoms with Gasteiger partial charge in [0.05, 0.1) is 24.4 Å². The first-order valence-corrected chi connectivity index (χ1v) is 12.8. The monoisotopic (exact) mass is 484 g/mol. The third-order valence-electron chi connectivity index (χ3n) is 7.58. The standard InChI is InChI=1S/C28H32N6O2/c1-18-16-34-25(30-27(18)32-14-12-20(29)17-32)15-22(31-34)23-9-5-6-13-33(23)28(35)26-21-8-4-3-7-19(21)10-11-24(26)36-2/h3-4,7-8,10-11,15-16,20,23H,5-6,9,12-14,17,29H2,1-2H3. The second kappa shape index (κ2) is 9.09. The molecule has 0 bridgehead atoms. The Morgan fingerprint density at radius 3 is 2.78 bits per heavy atom. The number of piperidine rings is 1. The fourth-order valence-corrected chi connectivity index (χ4v) is 5.75. The normalized spacial score (nSPS) is 20.4. The molecule has 36 heavy (non-hydrogen) atoms. The summed E-state index contributed by atoms with van der Waals surface area (Å²) in [7, 11) is 1.62. The molecule has 2 N–H and O–H groups in total. The zero-order valence-corrected chi connectivity index (χ0v) is 20.9. The maximum atomic E-state index is 14.1. The van der Waals surface area contributed by atoms with Crippen molar-refractivity contribution in [1.82, 2.24) is 19.5 Å². The number of carbonyl (C=O) groups is 1. The molecule has 0 radical (unpaired) electrons. The highest BCUT2D eigenvalue weighted by Gasteiger charge is 2.33. The van der Waals surface area contributed by atoms with Crippen molar-refractivity contribution < 1.29 is 9.53 Å². The van der Waals surface area contributed by atoms with Crippen LogP contribution in [0.4, 0.5) is 5.82 Å². The van der Waals surface area contributed by atoms with Gasteiger partial charge in [0, 0.05) is 43.5 Å². The minimum atomic E-state index is -0.111. The maximum Gasteiger partial charge on any atom is 0.258 e. The van der Waals surface area contributed by atoms with Crippen LogP contribution in [0.1, 0.15) is 53.3 Å². The number of fused-ring (bicyclic) bond motifs is 2. The first-order valence-electron chi connectivity index (χ1n) is 12.8. The number of aryl methyl sites for hydroxylation is 1. The lowest BCUT2D eigenvalue weighted by Gasteiger charge is -2.35. The quantitative estimate of drug-likeness (QED) is 0.469. The predicted octanol–water partition coefficient (Wildman–Crippen LogP) is 4.10. The van der Waals surface area contributed by atoms with Crippen molar-refractivity contribution in [3.05, 3.63) is 65.5 Å². The Labute approximate surface area is 210 Å². The Morgan fingerprint density at radius 1 is 1.11 bits per heavy atom. The number of aromatic nitrogens is 3. The van der Waals surface area contributed by atoms with Crippen LogP contribution in [-0.2, 0) is 0 Å². The van der Waals surface area contributed by atoms with Crippen LogP contribution in [0.5, 0.6) is 5.75 Å². The van der Waals surface area contributed by atoms with Gasteiger partial charge in [-0.05, 0) is 49.4 Å². The van der Waals surface area contributed by atoms with Crippen molar-refractivity contribution in [2.75, 3.05) is 31.6 Å². The number of methoxy groups -OCH3 is 1. The number of likely N-dealkylation sites (tertiary alicyclic amines) is 1. The van der Waals surface area contributed by atoms with Crippen molar-refractivity contribution in [2.45, 2.75) is 44.7 Å². The van der Waals surface area contributed by atoms with Crippen LogP contribution >= 0.6 is 0 Å². The van der Waals surface area contributed by atoms with Crippen LogP contribution < -0.4 is 15.4 Å². The number of anilines is 1. The van der Waals surface area contributed by atoms with Crippen molar-refractivity contribution >= 4 is 28.1 Å². The van der Waals surface area contributed by atoms with Crippen molar-refractivity contribution in [3.8, 4) is 5.75 Å². The summed E-state index contributed by atoms with van der Waals surface area (Å²) in [6.45, 7) is 4.50. The molecule has 0 spiro atoms. The van der Waals surface area contributed by atoms with Gasteiger partial charge in [0.2, 0.25) is 0 Å². The van der Waals surface area contributed by atoms with Gasteiger partial charge in [-0.25, -0.2) is 9.50 Å². The smallest absolute Gasteiger partial charge is 0.258 e. The van der Waals surface area contributed by atoms with Crippen LogP contribution in [-0.4, -0.2) is 58.2 Å². The second-order valence-electron chi connectivity index (χ2n) is 9.99. The summed E-state index contributed by atoms with van der Waals surface area (Å²) < 4.78 is 7.49. The van der Waals surface area contributed by atoms with E-state index in [-0.39, 0.29) is 18.0 Å². The fourth-order valence-electron chi connectivity index (χ4n) is 5.75. The number of amides is 1. The van der Waals surface area contributed by atoms with Gasteiger partial charge in [-0.15, -0.1) is 0 Å². The van der Waals surface area contributed by atoms with Crippen LogP contribution in [0.3, 0.4) is 0 Å². The molecule has 4 aromatic rings. The lowest BCUT2D eigenvalue weighted by Crippen LogP contribution is -2.39. The summed E-state index contributed by atoms with van der Waals surface area (Å²) in [6.07, 6.45) is 5.91. The molecule has 8 heteroatoms. The molecule has 2 aliphatic rings. The first kappa shape index (κ1) is 22.8. The fraction of sp³-hybridized carbons (Fsp3) is 0.393. The van der Waals surface area contributed by atoms with Gasteiger partial charge in [-0.2, -0.15) is 5.10 Å². The van der Waals surface area contributed by atoms with E-state index < -0.39 is 0 Å². The largest absolute Gasteiger partial charge is 0.496 e. The second-order valence-corrected chi connectivity index (χ2v) is 9.99. The van der Waals surface area contributed by atoms with Gasteiger partial charge in [-0.1, -0.05) is 30.3 Å². The van der Waals surface area contributed by atoms with E-state index in [1.54, 1.807) is 7.11 Å². The third kappa shape index (κ3) is 3.86. The van der Waals surface area contributed by atoms with E-state index in [9.17, 15) is 4.79 Å². The lowest BCUT2D eigenvalue weighted by molar-refractivity contribution is 0.0604. The molecule has 8 nitrogen and oxygen atoms in total. The summed E-state index contributed by atoms with van der Waals surface area (Å²) in [5, 5.41) is 6.83. The van der Waals surface area contributed by atoms with Gasteiger partial charge < -0.3 is 20.3 Å². The molecular weight excluding hydrogens is 452 g/mol. The molecule has 2 aromatic carbocycles. The molecular formula is C28H32N6O2. The van der Waals surface area contributed by atoms with Gasteiger partial charge in [-0.3, -0.25) is 4.79 Å². The molecule has 2 unspecified atom stereocenters. The molecule has 2 atom stereocenters. The number of carbonyl (C=O) groups excluding carboxylic acids is 1. The Hall–Kier alpha value is -3.65. The molecule has 1 amide bonds. The minimum absolute atomic E-state index is 0.0127. The van der Waals surface area contributed by atoms with E-state index in [0.29, 0.717) is 17.9 Å². The number of ether oxygens (including phenoxy) is 1. The van der Waals surface area contributed by atoms with Crippen LogP contribution in [0, 0.1) is 6.92 Å². The third-order valence-corrected chi connectivity index (χ3v) is 7.58. The minimum Gasteiger partial charge on any atom is -0.496 e. The van der Waals surface area contributed by atoms with Crippen LogP contribution in [0.15, 0.2) is 48.7 Å². The van der Waals surface area contributed by atoms with Gasteiger partial charge in [0.25, 0.3) is 5.91 Å². The highest BCUT2D eigenvalue weighted by atomic mass is 16.5. The number of rotatable bonds is 4. The average molecular weight is 485 g/mol. The zero-order valence-electron chi connectivity index (χ0n) is 20.9. The van der Waals surface area contributed by atoms with Crippen molar-refractivity contribution in [3.63, 3.8) is 0 Å². The van der Waals surface area contributed by atoms with Gasteiger partial charge in [0.1, 0.15) is 11.6 Å². The summed E-state index contributed by atoms with van der Waals surface area (Å²) in [5.74, 6) is 1.56. The number of hydrogen-bond acceptors (Lipinski definition) is 6. The number of nitrogens with zero attached hydrogens (tertiary/aromatic N) is 5. The van der Waals surface area contributed by atoms with Crippen LogP contribution in [0.2, 0.25) is 0 Å². The Morgan fingerprint density at radius 2 is 1.97 bits per heavy atom. The Balaban J connectivity index is 1.38. The first-order chi connectivity index (χ1) is 17.5. The van der Waals surface area contributed by atoms with E-state index >= 15 is 0 Å². The van der Waals surface area contributed by atoms with E-state index in [2.05, 4.69) is 11.8 Å². The summed E-state index contributed by atoms with van der Waals surface area (Å²) >= 11 is 0. The summed E-state index contributed by atoms with van der Waals surface area (Å²) in [5.41, 5.74) is 9.51. The molecule has 0 saturated carbocycles. The molecule has 186 valence electrons. The maximum absolute atomic E-state index is 14.1.